The van der Waals surface area contributed by atoms with Crippen LogP contribution >= 0.6 is 0 Å². The zero-order valence-corrected chi connectivity index (χ0v) is 15.0. The van der Waals surface area contributed by atoms with Crippen LogP contribution in [0.25, 0.3) is 0 Å². The molecule has 0 heterocycles. The largest absolute Gasteiger partial charge is 0.366 e. The Kier molecular flexibility index (Phi) is 4.92. The summed E-state index contributed by atoms with van der Waals surface area (Å²) in [5.41, 5.74) is 9.10. The molecule has 0 saturated carbocycles. The summed E-state index contributed by atoms with van der Waals surface area (Å²) in [5.74, 6) is -0.584. The Balaban J connectivity index is 1.79. The minimum absolute atomic E-state index is 0.113. The first-order valence-electron chi connectivity index (χ1n) is 8.41. The lowest BCUT2D eigenvalue weighted by Gasteiger charge is -2.20. The Morgan fingerprint density at radius 3 is 2.32 bits per heavy atom. The molecule has 6 heteroatoms. The minimum Gasteiger partial charge on any atom is -0.366 e. The summed E-state index contributed by atoms with van der Waals surface area (Å²) in [5, 5.41) is 0. The van der Waals surface area contributed by atoms with Gasteiger partial charge in [0.2, 0.25) is 15.9 Å². The molecule has 0 aliphatic heterocycles. The van der Waals surface area contributed by atoms with Gasteiger partial charge in [0.25, 0.3) is 0 Å². The molecule has 3 rings (SSSR count). The van der Waals surface area contributed by atoms with E-state index < -0.39 is 15.9 Å². The number of amides is 1. The average Bonchev–Trinajstić information content (AvgIpc) is 2.61. The van der Waals surface area contributed by atoms with Crippen molar-refractivity contribution in [1.82, 2.24) is 4.72 Å². The van der Waals surface area contributed by atoms with Crippen LogP contribution in [0.5, 0.6) is 0 Å². The SMILES string of the molecule is CC(NS(=O)(=O)c1ccc(C(N)=O)cc1)c1ccc2c(c1)CCCC2. The van der Waals surface area contributed by atoms with Crippen molar-refractivity contribution in [2.24, 2.45) is 5.73 Å². The van der Waals surface area contributed by atoms with Crippen LogP contribution in [-0.2, 0) is 22.9 Å². The van der Waals surface area contributed by atoms with Gasteiger partial charge in [-0.3, -0.25) is 4.79 Å². The van der Waals surface area contributed by atoms with Crippen molar-refractivity contribution in [3.63, 3.8) is 0 Å². The second-order valence-corrected chi connectivity index (χ2v) is 8.18. The van der Waals surface area contributed by atoms with Gasteiger partial charge in [0.05, 0.1) is 4.90 Å². The smallest absolute Gasteiger partial charge is 0.248 e. The lowest BCUT2D eigenvalue weighted by Crippen LogP contribution is -2.27. The molecule has 0 saturated heterocycles. The number of sulfonamides is 1. The van der Waals surface area contributed by atoms with Crippen LogP contribution in [0.1, 0.15) is 52.9 Å². The zero-order valence-electron chi connectivity index (χ0n) is 14.2. The van der Waals surface area contributed by atoms with E-state index in [0.717, 1.165) is 18.4 Å². The molecule has 0 spiro atoms. The molecule has 1 atom stereocenters. The summed E-state index contributed by atoms with van der Waals surface area (Å²) in [6, 6.07) is 11.5. The van der Waals surface area contributed by atoms with Crippen LogP contribution in [0.15, 0.2) is 47.4 Å². The monoisotopic (exact) mass is 358 g/mol. The van der Waals surface area contributed by atoms with E-state index in [-0.39, 0.29) is 16.5 Å². The van der Waals surface area contributed by atoms with Gasteiger partial charge in [-0.05, 0) is 73.6 Å². The third kappa shape index (κ3) is 3.91. The Morgan fingerprint density at radius 2 is 1.68 bits per heavy atom. The Bertz CT molecular complexity index is 889. The summed E-state index contributed by atoms with van der Waals surface area (Å²) < 4.78 is 27.8. The molecular weight excluding hydrogens is 336 g/mol. The van der Waals surface area contributed by atoms with E-state index in [4.69, 9.17) is 5.73 Å². The lowest BCUT2D eigenvalue weighted by atomic mass is 9.89. The van der Waals surface area contributed by atoms with E-state index in [1.807, 2.05) is 13.0 Å². The third-order valence-corrected chi connectivity index (χ3v) is 6.21. The first kappa shape index (κ1) is 17.6. The zero-order chi connectivity index (χ0) is 18.0. The number of hydrogen-bond acceptors (Lipinski definition) is 3. The fourth-order valence-electron chi connectivity index (χ4n) is 3.19. The molecular formula is C19H22N2O3S. The highest BCUT2D eigenvalue weighted by Crippen LogP contribution is 2.25. The van der Waals surface area contributed by atoms with Crippen molar-refractivity contribution in [2.45, 2.75) is 43.5 Å². The number of nitrogens with one attached hydrogen (secondary N) is 1. The second-order valence-electron chi connectivity index (χ2n) is 6.47. The van der Waals surface area contributed by atoms with Crippen LogP contribution in [0.2, 0.25) is 0 Å². The van der Waals surface area contributed by atoms with Crippen LogP contribution in [0, 0.1) is 0 Å². The van der Waals surface area contributed by atoms with Crippen LogP contribution in [-0.4, -0.2) is 14.3 Å². The van der Waals surface area contributed by atoms with Gasteiger partial charge >= 0.3 is 0 Å². The predicted molar refractivity (Wildman–Crippen MR) is 96.8 cm³/mol. The molecule has 0 radical (unpaired) electrons. The maximum absolute atomic E-state index is 12.6. The highest BCUT2D eigenvalue weighted by molar-refractivity contribution is 7.89. The van der Waals surface area contributed by atoms with E-state index in [1.54, 1.807) is 0 Å². The topological polar surface area (TPSA) is 89.3 Å². The molecule has 0 fully saturated rings. The molecule has 25 heavy (non-hydrogen) atoms. The number of rotatable bonds is 5. The minimum atomic E-state index is -3.67. The Labute approximate surface area is 148 Å². The number of fused-ring (bicyclic) bond motifs is 1. The molecule has 3 N–H and O–H groups in total. The molecule has 0 bridgehead atoms. The highest BCUT2D eigenvalue weighted by atomic mass is 32.2. The summed E-state index contributed by atoms with van der Waals surface area (Å²) in [6.45, 7) is 1.83. The maximum atomic E-state index is 12.6. The van der Waals surface area contributed by atoms with Crippen molar-refractivity contribution in [1.29, 1.82) is 0 Å². The molecule has 1 aliphatic carbocycles. The van der Waals surface area contributed by atoms with E-state index in [1.165, 1.54) is 48.2 Å². The van der Waals surface area contributed by atoms with Crippen molar-refractivity contribution in [2.75, 3.05) is 0 Å². The van der Waals surface area contributed by atoms with Crippen LogP contribution in [0.4, 0.5) is 0 Å². The molecule has 1 amide bonds. The van der Waals surface area contributed by atoms with E-state index >= 15 is 0 Å². The van der Waals surface area contributed by atoms with E-state index in [9.17, 15) is 13.2 Å². The summed E-state index contributed by atoms with van der Waals surface area (Å²) in [7, 11) is -3.67. The number of carbonyl (C=O) groups excluding carboxylic acids is 1. The predicted octanol–water partition coefficient (Wildman–Crippen LogP) is 2.70. The average molecular weight is 358 g/mol. The summed E-state index contributed by atoms with van der Waals surface area (Å²) in [4.78, 5) is 11.2. The van der Waals surface area contributed by atoms with Crippen molar-refractivity contribution in [3.05, 3.63) is 64.7 Å². The molecule has 1 aliphatic rings. The van der Waals surface area contributed by atoms with Crippen molar-refractivity contribution in [3.8, 4) is 0 Å². The standard InChI is InChI=1S/C19H22N2O3S/c1-13(16-7-6-14-4-2-3-5-17(14)12-16)21-25(23,24)18-10-8-15(9-11-18)19(20)22/h6-13,21H,2-5H2,1H3,(H2,20,22). The van der Waals surface area contributed by atoms with Gasteiger partial charge in [-0.2, -0.15) is 0 Å². The number of nitrogens with two attached hydrogens (primary N) is 1. The summed E-state index contributed by atoms with van der Waals surface area (Å²) in [6.07, 6.45) is 4.55. The maximum Gasteiger partial charge on any atom is 0.248 e. The number of aryl methyl sites for hydroxylation is 2. The third-order valence-electron chi connectivity index (χ3n) is 4.65. The van der Waals surface area contributed by atoms with Crippen molar-refractivity contribution >= 4 is 15.9 Å². The van der Waals surface area contributed by atoms with Gasteiger partial charge in [-0.1, -0.05) is 18.2 Å². The highest BCUT2D eigenvalue weighted by Gasteiger charge is 2.20. The van der Waals surface area contributed by atoms with E-state index in [0.29, 0.717) is 0 Å². The number of hydrogen-bond donors (Lipinski definition) is 2. The normalized spacial score (nSPS) is 15.4. The first-order valence-corrected chi connectivity index (χ1v) is 9.89. The Morgan fingerprint density at radius 1 is 1.04 bits per heavy atom. The van der Waals surface area contributed by atoms with Gasteiger partial charge < -0.3 is 5.73 Å². The molecule has 5 nitrogen and oxygen atoms in total. The molecule has 2 aromatic carbocycles. The number of primary amides is 1. The first-order chi connectivity index (χ1) is 11.9. The fraction of sp³-hybridized carbons (Fsp3) is 0.316. The van der Waals surface area contributed by atoms with Gasteiger partial charge in [0.15, 0.2) is 0 Å². The van der Waals surface area contributed by atoms with Crippen molar-refractivity contribution < 1.29 is 13.2 Å². The molecule has 1 unspecified atom stereocenters. The van der Waals surface area contributed by atoms with Gasteiger partial charge in [-0.25, -0.2) is 13.1 Å². The van der Waals surface area contributed by atoms with Gasteiger partial charge in [0.1, 0.15) is 0 Å². The lowest BCUT2D eigenvalue weighted by molar-refractivity contribution is 0.1000. The fourth-order valence-corrected chi connectivity index (χ4v) is 4.42. The second kappa shape index (κ2) is 6.98. The number of carbonyl (C=O) groups is 1. The number of benzene rings is 2. The summed E-state index contributed by atoms with van der Waals surface area (Å²) >= 11 is 0. The molecule has 0 aromatic heterocycles. The van der Waals surface area contributed by atoms with Crippen LogP contribution < -0.4 is 10.5 Å². The molecule has 2 aromatic rings. The van der Waals surface area contributed by atoms with Gasteiger partial charge in [0, 0.05) is 11.6 Å². The quantitative estimate of drug-likeness (QED) is 0.861. The van der Waals surface area contributed by atoms with Crippen LogP contribution in [0.3, 0.4) is 0 Å². The Hall–Kier alpha value is -2.18. The van der Waals surface area contributed by atoms with Gasteiger partial charge in [-0.15, -0.1) is 0 Å². The molecule has 132 valence electrons. The van der Waals surface area contributed by atoms with E-state index in [2.05, 4.69) is 16.9 Å².